The maximum absolute atomic E-state index is 11.5. The Balaban J connectivity index is 2.06. The smallest absolute Gasteiger partial charge is 0.300 e. The number of nitrogens with one attached hydrogen (secondary N) is 2. The molecule has 1 aliphatic rings. The summed E-state index contributed by atoms with van der Waals surface area (Å²) in [6.45, 7) is 5.35. The number of nitriles is 1. The van der Waals surface area contributed by atoms with Crippen LogP contribution >= 0.6 is 11.8 Å². The molecule has 1 aromatic rings. The Morgan fingerprint density at radius 3 is 3.11 bits per heavy atom. The summed E-state index contributed by atoms with van der Waals surface area (Å²) in [4.78, 5) is 11.5. The molecule has 0 aromatic carbocycles. The second-order valence-electron chi connectivity index (χ2n) is 4.76. The summed E-state index contributed by atoms with van der Waals surface area (Å²) in [6.07, 6.45) is 2.62. The molecule has 1 saturated carbocycles. The van der Waals surface area contributed by atoms with Gasteiger partial charge in [-0.05, 0) is 32.7 Å². The standard InChI is InChI=1S/C12H19N5OS/c1-3-14-12(8-13)6-5-9(7-12)19-11-16-15-10(18)17(11)4-2/h9,14H,3-7H2,1-2H3,(H,15,18). The van der Waals surface area contributed by atoms with Crippen LogP contribution in [-0.4, -0.2) is 32.1 Å². The Morgan fingerprint density at radius 2 is 2.47 bits per heavy atom. The maximum atomic E-state index is 11.5. The predicted molar refractivity (Wildman–Crippen MR) is 74.0 cm³/mol. The number of aromatic amines is 1. The monoisotopic (exact) mass is 281 g/mol. The Hall–Kier alpha value is -1.26. The molecule has 2 rings (SSSR count). The van der Waals surface area contributed by atoms with Gasteiger partial charge in [-0.25, -0.2) is 9.89 Å². The lowest BCUT2D eigenvalue weighted by Crippen LogP contribution is -2.41. The average molecular weight is 281 g/mol. The molecule has 0 saturated heterocycles. The number of thioether (sulfide) groups is 1. The van der Waals surface area contributed by atoms with Gasteiger partial charge in [-0.15, -0.1) is 5.10 Å². The zero-order valence-electron chi connectivity index (χ0n) is 11.3. The first kappa shape index (κ1) is 14.2. The topological polar surface area (TPSA) is 86.5 Å². The molecule has 1 fully saturated rings. The molecule has 2 unspecified atom stereocenters. The summed E-state index contributed by atoms with van der Waals surface area (Å²) >= 11 is 1.60. The number of H-pyrrole nitrogens is 1. The first-order valence-electron chi connectivity index (χ1n) is 6.62. The molecule has 0 amide bonds. The third-order valence-electron chi connectivity index (χ3n) is 3.51. The van der Waals surface area contributed by atoms with E-state index < -0.39 is 5.54 Å². The molecule has 2 atom stereocenters. The van der Waals surface area contributed by atoms with Crippen molar-refractivity contribution < 1.29 is 0 Å². The van der Waals surface area contributed by atoms with Gasteiger partial charge < -0.3 is 0 Å². The van der Waals surface area contributed by atoms with Crippen LogP contribution in [0.3, 0.4) is 0 Å². The molecule has 104 valence electrons. The first-order chi connectivity index (χ1) is 9.14. The van der Waals surface area contributed by atoms with Crippen LogP contribution < -0.4 is 11.0 Å². The SMILES string of the molecule is CCNC1(C#N)CCC(Sc2n[nH]c(=O)n2CC)C1. The molecule has 0 radical (unpaired) electrons. The summed E-state index contributed by atoms with van der Waals surface area (Å²) in [7, 11) is 0. The van der Waals surface area contributed by atoms with Crippen molar-refractivity contribution in [2.45, 2.75) is 55.6 Å². The van der Waals surface area contributed by atoms with Crippen molar-refractivity contribution in [2.24, 2.45) is 0 Å². The van der Waals surface area contributed by atoms with Crippen LogP contribution in [0.2, 0.25) is 0 Å². The maximum Gasteiger partial charge on any atom is 0.343 e. The van der Waals surface area contributed by atoms with Gasteiger partial charge in [0.25, 0.3) is 0 Å². The van der Waals surface area contributed by atoms with Gasteiger partial charge >= 0.3 is 5.69 Å². The molecular weight excluding hydrogens is 262 g/mol. The Labute approximate surface area is 116 Å². The van der Waals surface area contributed by atoms with Gasteiger partial charge in [0.05, 0.1) is 6.07 Å². The van der Waals surface area contributed by atoms with E-state index in [0.717, 1.165) is 31.0 Å². The van der Waals surface area contributed by atoms with E-state index >= 15 is 0 Å². The van der Waals surface area contributed by atoms with Gasteiger partial charge in [0.15, 0.2) is 5.16 Å². The third kappa shape index (κ3) is 2.85. The minimum Gasteiger partial charge on any atom is -0.300 e. The number of hydrogen-bond acceptors (Lipinski definition) is 5. The molecular formula is C12H19N5OS. The van der Waals surface area contributed by atoms with Crippen LogP contribution in [0.4, 0.5) is 0 Å². The highest BCUT2D eigenvalue weighted by Gasteiger charge is 2.39. The fraction of sp³-hybridized carbons (Fsp3) is 0.750. The molecule has 6 nitrogen and oxygen atoms in total. The van der Waals surface area contributed by atoms with Crippen LogP contribution in [0.25, 0.3) is 0 Å². The van der Waals surface area contributed by atoms with E-state index in [-0.39, 0.29) is 5.69 Å². The molecule has 0 aliphatic heterocycles. The highest BCUT2D eigenvalue weighted by atomic mass is 32.2. The van der Waals surface area contributed by atoms with E-state index in [1.165, 1.54) is 0 Å². The van der Waals surface area contributed by atoms with Crippen molar-refractivity contribution in [3.63, 3.8) is 0 Å². The van der Waals surface area contributed by atoms with Crippen molar-refractivity contribution >= 4 is 11.8 Å². The van der Waals surface area contributed by atoms with E-state index in [0.29, 0.717) is 11.8 Å². The van der Waals surface area contributed by atoms with E-state index in [2.05, 4.69) is 21.6 Å². The van der Waals surface area contributed by atoms with Crippen molar-refractivity contribution in [2.75, 3.05) is 6.54 Å². The van der Waals surface area contributed by atoms with Crippen LogP contribution in [0.5, 0.6) is 0 Å². The van der Waals surface area contributed by atoms with Crippen LogP contribution in [-0.2, 0) is 6.54 Å². The van der Waals surface area contributed by atoms with Gasteiger partial charge in [0, 0.05) is 11.8 Å². The molecule has 0 spiro atoms. The summed E-state index contributed by atoms with van der Waals surface area (Å²) in [6, 6.07) is 2.41. The van der Waals surface area contributed by atoms with Gasteiger partial charge in [0.2, 0.25) is 0 Å². The van der Waals surface area contributed by atoms with E-state index in [4.69, 9.17) is 0 Å². The number of hydrogen-bond donors (Lipinski definition) is 2. The van der Waals surface area contributed by atoms with E-state index in [9.17, 15) is 10.1 Å². The minimum atomic E-state index is -0.403. The number of rotatable bonds is 5. The van der Waals surface area contributed by atoms with E-state index in [1.807, 2.05) is 13.8 Å². The highest BCUT2D eigenvalue weighted by Crippen LogP contribution is 2.39. The van der Waals surface area contributed by atoms with E-state index in [1.54, 1.807) is 16.3 Å². The van der Waals surface area contributed by atoms with Crippen LogP contribution in [0.15, 0.2) is 9.95 Å². The fourth-order valence-electron chi connectivity index (χ4n) is 2.56. The summed E-state index contributed by atoms with van der Waals surface area (Å²) in [5.41, 5.74) is -0.568. The summed E-state index contributed by atoms with van der Waals surface area (Å²) in [5, 5.41) is 20.2. The highest BCUT2D eigenvalue weighted by molar-refractivity contribution is 7.99. The first-order valence-corrected chi connectivity index (χ1v) is 7.50. The number of nitrogens with zero attached hydrogens (tertiary/aromatic N) is 3. The van der Waals surface area contributed by atoms with Crippen LogP contribution in [0.1, 0.15) is 33.1 Å². The summed E-state index contributed by atoms with van der Waals surface area (Å²) < 4.78 is 1.63. The lowest BCUT2D eigenvalue weighted by molar-refractivity contribution is 0.436. The Kier molecular flexibility index (Phi) is 4.32. The molecule has 1 aromatic heterocycles. The lowest BCUT2D eigenvalue weighted by atomic mass is 10.0. The third-order valence-corrected chi connectivity index (χ3v) is 4.77. The van der Waals surface area contributed by atoms with Gasteiger partial charge in [-0.2, -0.15) is 5.26 Å². The average Bonchev–Trinajstić information content (AvgIpc) is 2.96. The normalized spacial score (nSPS) is 26.5. The molecule has 1 aliphatic carbocycles. The van der Waals surface area contributed by atoms with Crippen molar-refractivity contribution in [3.05, 3.63) is 10.5 Å². The predicted octanol–water partition coefficient (Wildman–Crippen LogP) is 1.11. The Bertz CT molecular complexity index is 531. The molecule has 2 N–H and O–H groups in total. The van der Waals surface area contributed by atoms with Gasteiger partial charge in [-0.3, -0.25) is 9.88 Å². The molecule has 19 heavy (non-hydrogen) atoms. The largest absolute Gasteiger partial charge is 0.343 e. The van der Waals surface area contributed by atoms with Gasteiger partial charge in [0.1, 0.15) is 5.54 Å². The van der Waals surface area contributed by atoms with Crippen molar-refractivity contribution in [1.82, 2.24) is 20.1 Å². The Morgan fingerprint density at radius 1 is 1.68 bits per heavy atom. The summed E-state index contributed by atoms with van der Waals surface area (Å²) in [5.74, 6) is 0. The second-order valence-corrected chi connectivity index (χ2v) is 6.03. The van der Waals surface area contributed by atoms with Gasteiger partial charge in [-0.1, -0.05) is 18.7 Å². The number of aromatic nitrogens is 3. The van der Waals surface area contributed by atoms with Crippen molar-refractivity contribution in [3.8, 4) is 6.07 Å². The van der Waals surface area contributed by atoms with Crippen LogP contribution in [0, 0.1) is 11.3 Å². The molecule has 0 bridgehead atoms. The second kappa shape index (κ2) is 5.80. The molecule has 7 heteroatoms. The quantitative estimate of drug-likeness (QED) is 0.844. The zero-order chi connectivity index (χ0) is 13.9. The molecule has 1 heterocycles. The minimum absolute atomic E-state index is 0.166. The fourth-order valence-corrected chi connectivity index (χ4v) is 3.90. The van der Waals surface area contributed by atoms with Crippen molar-refractivity contribution in [1.29, 1.82) is 5.26 Å². The zero-order valence-corrected chi connectivity index (χ0v) is 12.1. The lowest BCUT2D eigenvalue weighted by Gasteiger charge is -2.21.